The van der Waals surface area contributed by atoms with E-state index in [0.717, 1.165) is 56.8 Å². The van der Waals surface area contributed by atoms with Gasteiger partial charge in [-0.05, 0) is 45.6 Å². The van der Waals surface area contributed by atoms with Crippen molar-refractivity contribution < 1.29 is 9.63 Å². The Labute approximate surface area is 114 Å². The predicted octanol–water partition coefficient (Wildman–Crippen LogP) is 2.02. The molecule has 0 amide bonds. The molecule has 0 radical (unpaired) electrons. The third kappa shape index (κ3) is 4.28. The van der Waals surface area contributed by atoms with E-state index in [1.54, 1.807) is 0 Å². The van der Waals surface area contributed by atoms with Crippen LogP contribution in [0, 0.1) is 0 Å². The molecule has 0 saturated heterocycles. The van der Waals surface area contributed by atoms with Gasteiger partial charge in [-0.25, -0.2) is 0 Å². The fourth-order valence-corrected chi connectivity index (χ4v) is 2.62. The average Bonchev–Trinajstić information content (AvgIpc) is 2.88. The van der Waals surface area contributed by atoms with Crippen LogP contribution >= 0.6 is 0 Å². The molecule has 5 heteroatoms. The maximum Gasteiger partial charge on any atom is 0.229 e. The van der Waals surface area contributed by atoms with Gasteiger partial charge in [0.15, 0.2) is 5.82 Å². The van der Waals surface area contributed by atoms with Crippen LogP contribution < -0.4 is 5.32 Å². The second kappa shape index (κ2) is 7.01. The van der Waals surface area contributed by atoms with Crippen molar-refractivity contribution >= 4 is 0 Å². The minimum atomic E-state index is -0.213. The van der Waals surface area contributed by atoms with Crippen molar-refractivity contribution in [3.8, 4) is 0 Å². The Hall–Kier alpha value is -0.940. The van der Waals surface area contributed by atoms with Gasteiger partial charge in [-0.3, -0.25) is 0 Å². The first-order chi connectivity index (χ1) is 9.19. The smallest absolute Gasteiger partial charge is 0.229 e. The maximum atomic E-state index is 9.23. The molecule has 2 N–H and O–H groups in total. The molecule has 1 saturated carbocycles. The highest BCUT2D eigenvalue weighted by atomic mass is 16.5. The lowest BCUT2D eigenvalue weighted by Gasteiger charge is -2.27. The first-order valence-electron chi connectivity index (χ1n) is 7.43. The quantitative estimate of drug-likeness (QED) is 0.825. The number of aromatic nitrogens is 2. The zero-order chi connectivity index (χ0) is 13.7. The summed E-state index contributed by atoms with van der Waals surface area (Å²) in [5.74, 6) is 2.06. The fourth-order valence-electron chi connectivity index (χ4n) is 2.62. The Morgan fingerprint density at radius 2 is 2.11 bits per heavy atom. The molecule has 1 atom stereocenters. The second-order valence-electron chi connectivity index (χ2n) is 5.54. The predicted molar refractivity (Wildman–Crippen MR) is 73.0 cm³/mol. The molecular formula is C14H25N3O2. The summed E-state index contributed by atoms with van der Waals surface area (Å²) in [6.45, 7) is 4.77. The normalized spacial score (nSPS) is 25.4. The van der Waals surface area contributed by atoms with Gasteiger partial charge < -0.3 is 14.9 Å². The standard InChI is InChI=1S/C14H25N3O2/c1-3-13-16-14(19-17-13)11-4-6-12(7-5-11)15-9-8-10(2)18/h10-12,15,18H,3-9H2,1-2H3. The molecule has 108 valence electrons. The number of hydrogen-bond acceptors (Lipinski definition) is 5. The summed E-state index contributed by atoms with van der Waals surface area (Å²) in [5.41, 5.74) is 0. The van der Waals surface area contributed by atoms with Gasteiger partial charge >= 0.3 is 0 Å². The third-order valence-electron chi connectivity index (χ3n) is 3.87. The van der Waals surface area contributed by atoms with Crippen LogP contribution in [0.25, 0.3) is 0 Å². The van der Waals surface area contributed by atoms with Crippen molar-refractivity contribution in [1.82, 2.24) is 15.5 Å². The van der Waals surface area contributed by atoms with Crippen LogP contribution in [0.2, 0.25) is 0 Å². The van der Waals surface area contributed by atoms with Gasteiger partial charge in [0.2, 0.25) is 5.89 Å². The molecule has 2 rings (SSSR count). The van der Waals surface area contributed by atoms with Crippen LogP contribution in [0.4, 0.5) is 0 Å². The highest BCUT2D eigenvalue weighted by Gasteiger charge is 2.25. The van der Waals surface area contributed by atoms with E-state index >= 15 is 0 Å². The molecule has 19 heavy (non-hydrogen) atoms. The van der Waals surface area contributed by atoms with Crippen LogP contribution in [0.1, 0.15) is 63.6 Å². The first kappa shape index (κ1) is 14.5. The molecule has 1 aliphatic rings. The zero-order valence-electron chi connectivity index (χ0n) is 11.9. The molecule has 1 aromatic heterocycles. The van der Waals surface area contributed by atoms with Crippen molar-refractivity contribution in [2.24, 2.45) is 0 Å². The molecule has 1 aliphatic carbocycles. The number of nitrogens with one attached hydrogen (secondary N) is 1. The second-order valence-corrected chi connectivity index (χ2v) is 5.54. The Balaban J connectivity index is 1.73. The van der Waals surface area contributed by atoms with E-state index in [1.165, 1.54) is 0 Å². The van der Waals surface area contributed by atoms with E-state index in [1.807, 2.05) is 13.8 Å². The first-order valence-corrected chi connectivity index (χ1v) is 7.43. The number of aliphatic hydroxyl groups is 1. The van der Waals surface area contributed by atoms with Gasteiger partial charge in [0, 0.05) is 18.4 Å². The van der Waals surface area contributed by atoms with Crippen LogP contribution in [0.3, 0.4) is 0 Å². The summed E-state index contributed by atoms with van der Waals surface area (Å²) < 4.78 is 5.33. The van der Waals surface area contributed by atoms with E-state index in [2.05, 4.69) is 15.5 Å². The molecule has 0 aliphatic heterocycles. The molecule has 1 aromatic rings. The van der Waals surface area contributed by atoms with E-state index in [4.69, 9.17) is 4.52 Å². The number of nitrogens with zero attached hydrogens (tertiary/aromatic N) is 2. The topological polar surface area (TPSA) is 71.2 Å². The lowest BCUT2D eigenvalue weighted by Crippen LogP contribution is -2.34. The molecular weight excluding hydrogens is 242 g/mol. The number of aliphatic hydroxyl groups excluding tert-OH is 1. The highest BCUT2D eigenvalue weighted by molar-refractivity contribution is 4.97. The fraction of sp³-hybridized carbons (Fsp3) is 0.857. The van der Waals surface area contributed by atoms with Crippen molar-refractivity contribution in [3.05, 3.63) is 11.7 Å². The van der Waals surface area contributed by atoms with Crippen molar-refractivity contribution in [2.75, 3.05) is 6.54 Å². The molecule has 1 fully saturated rings. The minimum Gasteiger partial charge on any atom is -0.393 e. The van der Waals surface area contributed by atoms with Crippen LogP contribution in [0.15, 0.2) is 4.52 Å². The van der Waals surface area contributed by atoms with E-state index in [0.29, 0.717) is 12.0 Å². The van der Waals surface area contributed by atoms with Crippen molar-refractivity contribution in [1.29, 1.82) is 0 Å². The summed E-state index contributed by atoms with van der Waals surface area (Å²) in [7, 11) is 0. The summed E-state index contributed by atoms with van der Waals surface area (Å²) in [4.78, 5) is 4.43. The zero-order valence-corrected chi connectivity index (χ0v) is 11.9. The molecule has 0 bridgehead atoms. The number of hydrogen-bond donors (Lipinski definition) is 2. The van der Waals surface area contributed by atoms with Gasteiger partial charge in [-0.2, -0.15) is 4.98 Å². The molecule has 0 aromatic carbocycles. The summed E-state index contributed by atoms with van der Waals surface area (Å²) >= 11 is 0. The van der Waals surface area contributed by atoms with Gasteiger partial charge in [-0.1, -0.05) is 12.1 Å². The Bertz CT molecular complexity index is 371. The van der Waals surface area contributed by atoms with E-state index in [9.17, 15) is 5.11 Å². The molecule has 1 heterocycles. The number of aryl methyl sites for hydroxylation is 1. The monoisotopic (exact) mass is 267 g/mol. The molecule has 1 unspecified atom stereocenters. The van der Waals surface area contributed by atoms with Crippen molar-refractivity contribution in [3.63, 3.8) is 0 Å². The minimum absolute atomic E-state index is 0.213. The van der Waals surface area contributed by atoms with E-state index in [-0.39, 0.29) is 6.10 Å². The Morgan fingerprint density at radius 1 is 1.37 bits per heavy atom. The Morgan fingerprint density at radius 3 is 2.68 bits per heavy atom. The average molecular weight is 267 g/mol. The van der Waals surface area contributed by atoms with Crippen molar-refractivity contribution in [2.45, 2.75) is 70.4 Å². The van der Waals surface area contributed by atoms with Gasteiger partial charge in [0.1, 0.15) is 0 Å². The van der Waals surface area contributed by atoms with Crippen LogP contribution in [-0.2, 0) is 6.42 Å². The van der Waals surface area contributed by atoms with Crippen LogP contribution in [-0.4, -0.2) is 33.9 Å². The van der Waals surface area contributed by atoms with Gasteiger partial charge in [0.25, 0.3) is 0 Å². The number of rotatable bonds is 6. The lowest BCUT2D eigenvalue weighted by atomic mass is 9.86. The van der Waals surface area contributed by atoms with Gasteiger partial charge in [-0.15, -0.1) is 0 Å². The molecule has 5 nitrogen and oxygen atoms in total. The third-order valence-corrected chi connectivity index (χ3v) is 3.87. The largest absolute Gasteiger partial charge is 0.393 e. The van der Waals surface area contributed by atoms with Crippen LogP contribution in [0.5, 0.6) is 0 Å². The maximum absolute atomic E-state index is 9.23. The SMILES string of the molecule is CCc1noc(C2CCC(NCCC(C)O)CC2)n1. The summed E-state index contributed by atoms with van der Waals surface area (Å²) in [6.07, 6.45) is 5.95. The van der Waals surface area contributed by atoms with E-state index < -0.39 is 0 Å². The summed E-state index contributed by atoms with van der Waals surface area (Å²) in [5, 5.41) is 16.7. The Kier molecular flexibility index (Phi) is 5.34. The summed E-state index contributed by atoms with van der Waals surface area (Å²) in [6, 6.07) is 0.573. The lowest BCUT2D eigenvalue weighted by molar-refractivity contribution is 0.180. The van der Waals surface area contributed by atoms with Gasteiger partial charge in [0.05, 0.1) is 6.10 Å². The highest BCUT2D eigenvalue weighted by Crippen LogP contribution is 2.31. The molecule has 0 spiro atoms.